The Kier molecular flexibility index (Phi) is 5.03. The van der Waals surface area contributed by atoms with E-state index in [0.29, 0.717) is 6.10 Å². The summed E-state index contributed by atoms with van der Waals surface area (Å²) in [6.07, 6.45) is 5.49. The molecule has 1 aromatic heterocycles. The van der Waals surface area contributed by atoms with Gasteiger partial charge in [-0.25, -0.2) is 0 Å². The summed E-state index contributed by atoms with van der Waals surface area (Å²) in [6, 6.07) is 2.07. The zero-order chi connectivity index (χ0) is 12.3. The van der Waals surface area contributed by atoms with Crippen molar-refractivity contribution in [3.05, 3.63) is 20.3 Å². The largest absolute Gasteiger partial charge is 0.388 e. The van der Waals surface area contributed by atoms with Crippen molar-refractivity contribution in [2.45, 2.75) is 51.2 Å². The van der Waals surface area contributed by atoms with Crippen molar-refractivity contribution in [1.82, 2.24) is 0 Å². The second-order valence-corrected chi connectivity index (χ2v) is 7.09. The summed E-state index contributed by atoms with van der Waals surface area (Å²) < 4.78 is 6.71. The number of hydrogen-bond donors (Lipinski definition) is 1. The molecule has 2 unspecified atom stereocenters. The highest BCUT2D eigenvalue weighted by atomic mass is 79.9. The Balaban J connectivity index is 1.74. The van der Waals surface area contributed by atoms with Crippen LogP contribution >= 0.6 is 27.3 Å². The number of ether oxygens (including phenoxy) is 1. The maximum absolute atomic E-state index is 10.1. The molecule has 4 heteroatoms. The lowest BCUT2D eigenvalue weighted by Gasteiger charge is -2.11. The van der Waals surface area contributed by atoms with E-state index in [-0.39, 0.29) is 6.10 Å². The van der Waals surface area contributed by atoms with Gasteiger partial charge in [0, 0.05) is 11.5 Å². The summed E-state index contributed by atoms with van der Waals surface area (Å²) in [5.74, 6) is 0. The van der Waals surface area contributed by atoms with Crippen molar-refractivity contribution >= 4 is 27.3 Å². The van der Waals surface area contributed by atoms with Crippen LogP contribution in [0.1, 0.15) is 48.6 Å². The smallest absolute Gasteiger partial charge is 0.0882 e. The predicted molar refractivity (Wildman–Crippen MR) is 74.5 cm³/mol. The van der Waals surface area contributed by atoms with Crippen LogP contribution in [0.5, 0.6) is 0 Å². The highest BCUT2D eigenvalue weighted by Gasteiger charge is 2.17. The first kappa shape index (κ1) is 13.5. The van der Waals surface area contributed by atoms with Crippen LogP contribution in [0.3, 0.4) is 0 Å². The zero-order valence-corrected chi connectivity index (χ0v) is 12.5. The number of rotatable bonds is 5. The van der Waals surface area contributed by atoms with Crippen LogP contribution in [0.15, 0.2) is 9.85 Å². The van der Waals surface area contributed by atoms with Crippen molar-refractivity contribution < 1.29 is 9.84 Å². The second kappa shape index (κ2) is 6.32. The molecule has 2 atom stereocenters. The summed E-state index contributed by atoms with van der Waals surface area (Å²) in [5, 5.41) is 10.1. The molecule has 0 amide bonds. The Bertz CT molecular complexity index is 339. The maximum Gasteiger partial charge on any atom is 0.0882 e. The second-order valence-electron chi connectivity index (χ2n) is 4.69. The van der Waals surface area contributed by atoms with E-state index in [4.69, 9.17) is 4.74 Å². The fourth-order valence-corrected chi connectivity index (χ4v) is 3.79. The standard InChI is InChI=1S/C13H19BrO2S/c1-9-8-12(17-13(9)14)11(15)6-2-4-10-5-3-7-16-10/h8,10-11,15H,2-7H2,1H3. The predicted octanol–water partition coefficient (Wildman–Crippen LogP) is 4.20. The molecule has 2 rings (SSSR count). The topological polar surface area (TPSA) is 29.5 Å². The minimum Gasteiger partial charge on any atom is -0.388 e. The van der Waals surface area contributed by atoms with Gasteiger partial charge in [0.05, 0.1) is 16.0 Å². The van der Waals surface area contributed by atoms with Crippen molar-refractivity contribution in [2.75, 3.05) is 6.61 Å². The Hall–Kier alpha value is 0.100. The van der Waals surface area contributed by atoms with Gasteiger partial charge < -0.3 is 9.84 Å². The average Bonchev–Trinajstić information content (AvgIpc) is 2.90. The molecule has 0 aromatic carbocycles. The van der Waals surface area contributed by atoms with Crippen molar-refractivity contribution in [1.29, 1.82) is 0 Å². The minimum absolute atomic E-state index is 0.314. The zero-order valence-electron chi connectivity index (χ0n) is 10.1. The molecule has 17 heavy (non-hydrogen) atoms. The van der Waals surface area contributed by atoms with Crippen LogP contribution in [0.4, 0.5) is 0 Å². The van der Waals surface area contributed by atoms with E-state index in [9.17, 15) is 5.11 Å². The first-order chi connectivity index (χ1) is 8.16. The normalized spacial score (nSPS) is 21.9. The van der Waals surface area contributed by atoms with Gasteiger partial charge >= 0.3 is 0 Å². The molecule has 2 heterocycles. The third-order valence-electron chi connectivity index (χ3n) is 3.23. The van der Waals surface area contributed by atoms with E-state index in [1.807, 2.05) is 0 Å². The van der Waals surface area contributed by atoms with Crippen LogP contribution in [-0.4, -0.2) is 17.8 Å². The molecule has 1 saturated heterocycles. The summed E-state index contributed by atoms with van der Waals surface area (Å²) in [4.78, 5) is 1.07. The molecule has 2 nitrogen and oxygen atoms in total. The van der Waals surface area contributed by atoms with Crippen molar-refractivity contribution in [2.24, 2.45) is 0 Å². The molecule has 1 fully saturated rings. The lowest BCUT2D eigenvalue weighted by molar-refractivity contribution is 0.0948. The van der Waals surface area contributed by atoms with Gasteiger partial charge in [-0.15, -0.1) is 11.3 Å². The van der Waals surface area contributed by atoms with Gasteiger partial charge in [-0.3, -0.25) is 0 Å². The Labute approximate surface area is 115 Å². The Morgan fingerprint density at radius 1 is 1.65 bits per heavy atom. The average molecular weight is 319 g/mol. The van der Waals surface area contributed by atoms with Crippen LogP contribution < -0.4 is 0 Å². The first-order valence-corrected chi connectivity index (χ1v) is 7.83. The fourth-order valence-electron chi connectivity index (χ4n) is 2.20. The first-order valence-electron chi connectivity index (χ1n) is 6.22. The van der Waals surface area contributed by atoms with Gasteiger partial charge in [-0.2, -0.15) is 0 Å². The highest BCUT2D eigenvalue weighted by Crippen LogP contribution is 2.33. The molecule has 0 bridgehead atoms. The van der Waals surface area contributed by atoms with Crippen LogP contribution in [0, 0.1) is 6.92 Å². The summed E-state index contributed by atoms with van der Waals surface area (Å²) >= 11 is 5.13. The monoisotopic (exact) mass is 318 g/mol. The highest BCUT2D eigenvalue weighted by molar-refractivity contribution is 9.11. The van der Waals surface area contributed by atoms with Crippen LogP contribution in [0.2, 0.25) is 0 Å². The van der Waals surface area contributed by atoms with Gasteiger partial charge in [-0.05, 0) is 66.6 Å². The third kappa shape index (κ3) is 3.78. The van der Waals surface area contributed by atoms with E-state index in [1.165, 1.54) is 18.4 Å². The van der Waals surface area contributed by atoms with Gasteiger partial charge in [-0.1, -0.05) is 0 Å². The molecule has 0 saturated carbocycles. The lowest BCUT2D eigenvalue weighted by Crippen LogP contribution is -2.05. The van der Waals surface area contributed by atoms with Crippen molar-refractivity contribution in [3.8, 4) is 0 Å². The third-order valence-corrected chi connectivity index (χ3v) is 5.47. The van der Waals surface area contributed by atoms with Gasteiger partial charge in [0.2, 0.25) is 0 Å². The molecule has 0 radical (unpaired) electrons. The molecular formula is C13H19BrO2S. The van der Waals surface area contributed by atoms with Gasteiger partial charge in [0.25, 0.3) is 0 Å². The van der Waals surface area contributed by atoms with Crippen molar-refractivity contribution in [3.63, 3.8) is 0 Å². The number of aryl methyl sites for hydroxylation is 1. The van der Waals surface area contributed by atoms with Crippen LogP contribution in [-0.2, 0) is 4.74 Å². The van der Waals surface area contributed by atoms with Gasteiger partial charge in [0.15, 0.2) is 0 Å². The molecule has 1 N–H and O–H groups in total. The fraction of sp³-hybridized carbons (Fsp3) is 0.692. The summed E-state index contributed by atoms with van der Waals surface area (Å²) in [7, 11) is 0. The molecule has 0 aliphatic carbocycles. The number of thiophene rings is 1. The van der Waals surface area contributed by atoms with E-state index in [2.05, 4.69) is 28.9 Å². The summed E-state index contributed by atoms with van der Waals surface area (Å²) in [6.45, 7) is 2.98. The molecular weight excluding hydrogens is 300 g/mol. The van der Waals surface area contributed by atoms with E-state index in [1.54, 1.807) is 11.3 Å². The maximum atomic E-state index is 10.1. The number of hydrogen-bond acceptors (Lipinski definition) is 3. The lowest BCUT2D eigenvalue weighted by atomic mass is 10.1. The Morgan fingerprint density at radius 3 is 3.06 bits per heavy atom. The molecule has 1 aliphatic heterocycles. The number of halogens is 1. The van der Waals surface area contributed by atoms with Gasteiger partial charge in [0.1, 0.15) is 0 Å². The molecule has 1 aliphatic rings. The quantitative estimate of drug-likeness (QED) is 0.881. The van der Waals surface area contributed by atoms with E-state index >= 15 is 0 Å². The molecule has 0 spiro atoms. The number of aliphatic hydroxyl groups excluding tert-OH is 1. The van der Waals surface area contributed by atoms with E-state index in [0.717, 1.165) is 34.5 Å². The molecule has 96 valence electrons. The Morgan fingerprint density at radius 2 is 2.47 bits per heavy atom. The molecule has 1 aromatic rings. The SMILES string of the molecule is Cc1cc(C(O)CCCC2CCCO2)sc1Br. The number of aliphatic hydroxyl groups is 1. The minimum atomic E-state index is -0.314. The van der Waals surface area contributed by atoms with Crippen LogP contribution in [0.25, 0.3) is 0 Å². The van der Waals surface area contributed by atoms with E-state index < -0.39 is 0 Å². The summed E-state index contributed by atoms with van der Waals surface area (Å²) in [5.41, 5.74) is 1.21.